The van der Waals surface area contributed by atoms with Gasteiger partial charge in [0.05, 0.1) is 5.92 Å². The summed E-state index contributed by atoms with van der Waals surface area (Å²) in [7, 11) is 0. The summed E-state index contributed by atoms with van der Waals surface area (Å²) in [4.78, 5) is 1.22. The van der Waals surface area contributed by atoms with Crippen molar-refractivity contribution < 1.29 is 13.2 Å². The molecule has 1 aliphatic carbocycles. The number of benzene rings is 1. The zero-order valence-corrected chi connectivity index (χ0v) is 13.2. The van der Waals surface area contributed by atoms with Crippen LogP contribution in [-0.2, 0) is 0 Å². The minimum absolute atomic E-state index is 0.174. The maximum Gasteiger partial charge on any atom is 0.391 e. The first-order valence-corrected chi connectivity index (χ1v) is 8.59. The summed E-state index contributed by atoms with van der Waals surface area (Å²) in [6.45, 7) is 2.07. The van der Waals surface area contributed by atoms with Crippen LogP contribution in [0.5, 0.6) is 0 Å². The Morgan fingerprint density at radius 3 is 2.14 bits per heavy atom. The average Bonchev–Trinajstić information content (AvgIpc) is 2.47. The van der Waals surface area contributed by atoms with Crippen molar-refractivity contribution in [2.45, 2.75) is 55.8 Å². The molecule has 1 saturated carbocycles. The molecule has 0 spiro atoms. The maximum atomic E-state index is 12.6. The largest absolute Gasteiger partial charge is 0.391 e. The quantitative estimate of drug-likeness (QED) is 0.768. The van der Waals surface area contributed by atoms with Gasteiger partial charge in [-0.2, -0.15) is 13.2 Å². The van der Waals surface area contributed by atoms with Crippen LogP contribution in [0.25, 0.3) is 0 Å². The van der Waals surface area contributed by atoms with Crippen LogP contribution in [0.3, 0.4) is 0 Å². The second-order valence-electron chi connectivity index (χ2n) is 5.75. The molecule has 1 atom stereocenters. The van der Waals surface area contributed by atoms with Crippen molar-refractivity contribution in [2.75, 3.05) is 6.26 Å². The van der Waals surface area contributed by atoms with E-state index >= 15 is 0 Å². The van der Waals surface area contributed by atoms with Crippen LogP contribution in [0, 0.1) is 5.92 Å². The van der Waals surface area contributed by atoms with Gasteiger partial charge in [0.15, 0.2) is 0 Å². The molecule has 1 fully saturated rings. The molecule has 0 heterocycles. The highest BCUT2D eigenvalue weighted by molar-refractivity contribution is 7.98. The van der Waals surface area contributed by atoms with Gasteiger partial charge in [0, 0.05) is 17.0 Å². The van der Waals surface area contributed by atoms with Crippen LogP contribution in [-0.4, -0.2) is 18.5 Å². The fraction of sp³-hybridized carbons (Fsp3) is 0.625. The van der Waals surface area contributed by atoms with E-state index in [9.17, 15) is 13.2 Å². The van der Waals surface area contributed by atoms with E-state index in [4.69, 9.17) is 0 Å². The highest BCUT2D eigenvalue weighted by atomic mass is 32.2. The van der Waals surface area contributed by atoms with Crippen molar-refractivity contribution in [1.82, 2.24) is 5.32 Å². The molecule has 1 unspecified atom stereocenters. The van der Waals surface area contributed by atoms with Crippen LogP contribution < -0.4 is 5.32 Å². The van der Waals surface area contributed by atoms with E-state index in [1.165, 1.54) is 10.5 Å². The van der Waals surface area contributed by atoms with Crippen molar-refractivity contribution in [2.24, 2.45) is 5.92 Å². The molecule has 21 heavy (non-hydrogen) atoms. The third-order valence-corrected chi connectivity index (χ3v) is 5.04. The fourth-order valence-electron chi connectivity index (χ4n) is 2.93. The van der Waals surface area contributed by atoms with Gasteiger partial charge in [-0.05, 0) is 56.6 Å². The zero-order chi connectivity index (χ0) is 15.5. The second kappa shape index (κ2) is 7.05. The van der Waals surface area contributed by atoms with Gasteiger partial charge in [0.1, 0.15) is 0 Å². The van der Waals surface area contributed by atoms with Crippen LogP contribution in [0.2, 0.25) is 0 Å². The predicted molar refractivity (Wildman–Crippen MR) is 81.6 cm³/mol. The summed E-state index contributed by atoms with van der Waals surface area (Å²) in [5.74, 6) is -1.10. The Balaban J connectivity index is 1.85. The summed E-state index contributed by atoms with van der Waals surface area (Å²) in [5, 5.41) is 3.47. The van der Waals surface area contributed by atoms with Gasteiger partial charge in [0.2, 0.25) is 0 Å². The fourth-order valence-corrected chi connectivity index (χ4v) is 3.34. The molecule has 0 radical (unpaired) electrons. The van der Waals surface area contributed by atoms with E-state index in [1.54, 1.807) is 11.8 Å². The molecule has 1 aromatic carbocycles. The Morgan fingerprint density at radius 1 is 1.10 bits per heavy atom. The smallest absolute Gasteiger partial charge is 0.307 e. The van der Waals surface area contributed by atoms with E-state index in [0.29, 0.717) is 12.8 Å². The van der Waals surface area contributed by atoms with Crippen molar-refractivity contribution in [3.63, 3.8) is 0 Å². The molecule has 0 amide bonds. The lowest BCUT2D eigenvalue weighted by atomic mass is 9.85. The first-order chi connectivity index (χ1) is 9.90. The monoisotopic (exact) mass is 317 g/mol. The average molecular weight is 317 g/mol. The highest BCUT2D eigenvalue weighted by Crippen LogP contribution is 2.37. The molecule has 5 heteroatoms. The van der Waals surface area contributed by atoms with Crippen LogP contribution in [0.4, 0.5) is 13.2 Å². The predicted octanol–water partition coefficient (Wildman–Crippen LogP) is 5.18. The minimum atomic E-state index is -4.02. The SMILES string of the molecule is CSc1ccc(C(C)NC2CCC(C(F)(F)F)CC2)cc1. The van der Waals surface area contributed by atoms with E-state index < -0.39 is 12.1 Å². The van der Waals surface area contributed by atoms with Gasteiger partial charge in [-0.15, -0.1) is 11.8 Å². The number of thioether (sulfide) groups is 1. The lowest BCUT2D eigenvalue weighted by molar-refractivity contribution is -0.182. The van der Waals surface area contributed by atoms with Crippen molar-refractivity contribution in [3.05, 3.63) is 29.8 Å². The molecule has 0 aromatic heterocycles. The summed E-state index contributed by atoms with van der Waals surface area (Å²) < 4.78 is 37.9. The molecule has 0 saturated heterocycles. The number of hydrogen-bond acceptors (Lipinski definition) is 2. The van der Waals surface area contributed by atoms with Crippen LogP contribution in [0.15, 0.2) is 29.2 Å². The Hall–Kier alpha value is -0.680. The molecule has 1 aliphatic rings. The maximum absolute atomic E-state index is 12.6. The number of rotatable bonds is 4. The van der Waals surface area contributed by atoms with Gasteiger partial charge in [-0.1, -0.05) is 12.1 Å². The minimum Gasteiger partial charge on any atom is -0.307 e. The third-order valence-electron chi connectivity index (χ3n) is 4.29. The van der Waals surface area contributed by atoms with Crippen molar-refractivity contribution >= 4 is 11.8 Å². The first kappa shape index (κ1) is 16.7. The lowest BCUT2D eigenvalue weighted by Gasteiger charge is -2.32. The number of halogens is 3. The normalized spacial score (nSPS) is 24.8. The lowest BCUT2D eigenvalue weighted by Crippen LogP contribution is -2.38. The number of hydrogen-bond donors (Lipinski definition) is 1. The molecule has 118 valence electrons. The highest BCUT2D eigenvalue weighted by Gasteiger charge is 2.41. The number of nitrogens with one attached hydrogen (secondary N) is 1. The molecule has 0 aliphatic heterocycles. The molecular formula is C16H22F3NS. The molecule has 1 nitrogen and oxygen atoms in total. The van der Waals surface area contributed by atoms with Gasteiger partial charge in [-0.3, -0.25) is 0 Å². The van der Waals surface area contributed by atoms with E-state index in [2.05, 4.69) is 36.5 Å². The summed E-state index contributed by atoms with van der Waals surface area (Å²) in [5.41, 5.74) is 1.19. The molecular weight excluding hydrogens is 295 g/mol. The van der Waals surface area contributed by atoms with Gasteiger partial charge in [-0.25, -0.2) is 0 Å². The Bertz CT molecular complexity index is 436. The molecule has 0 bridgehead atoms. The summed E-state index contributed by atoms with van der Waals surface area (Å²) in [6, 6.07) is 8.71. The molecule has 1 aromatic rings. The summed E-state index contributed by atoms with van der Waals surface area (Å²) >= 11 is 1.70. The Kier molecular flexibility index (Phi) is 5.60. The van der Waals surface area contributed by atoms with Gasteiger partial charge >= 0.3 is 6.18 Å². The number of alkyl halides is 3. The van der Waals surface area contributed by atoms with E-state index in [1.807, 2.05) is 6.26 Å². The van der Waals surface area contributed by atoms with Crippen molar-refractivity contribution in [3.8, 4) is 0 Å². The first-order valence-electron chi connectivity index (χ1n) is 7.37. The molecule has 1 N–H and O–H groups in total. The zero-order valence-electron chi connectivity index (χ0n) is 12.4. The van der Waals surface area contributed by atoms with E-state index in [-0.39, 0.29) is 24.9 Å². The Morgan fingerprint density at radius 2 is 1.67 bits per heavy atom. The molecule has 2 rings (SSSR count). The van der Waals surface area contributed by atoms with Gasteiger partial charge < -0.3 is 5.32 Å². The second-order valence-corrected chi connectivity index (χ2v) is 6.63. The van der Waals surface area contributed by atoms with Crippen LogP contribution in [0.1, 0.15) is 44.2 Å². The third kappa shape index (κ3) is 4.65. The topological polar surface area (TPSA) is 12.0 Å². The Labute approximate surface area is 128 Å². The van der Waals surface area contributed by atoms with Gasteiger partial charge in [0.25, 0.3) is 0 Å². The van der Waals surface area contributed by atoms with Crippen LogP contribution >= 0.6 is 11.8 Å². The van der Waals surface area contributed by atoms with Crippen molar-refractivity contribution in [1.29, 1.82) is 0 Å². The van der Waals surface area contributed by atoms with E-state index in [0.717, 1.165) is 0 Å². The summed E-state index contributed by atoms with van der Waals surface area (Å²) in [6.07, 6.45) is -0.270. The standard InChI is InChI=1S/C16H22F3NS/c1-11(12-3-9-15(21-2)10-4-12)20-14-7-5-13(6-8-14)16(17,18)19/h3-4,9-11,13-14,20H,5-8H2,1-2H3.